The van der Waals surface area contributed by atoms with Gasteiger partial charge in [-0.1, -0.05) is 36.4 Å². The molecule has 0 aliphatic heterocycles. The van der Waals surface area contributed by atoms with Gasteiger partial charge in [-0.3, -0.25) is 0 Å². The minimum absolute atomic E-state index is 0.377. The molecule has 0 fully saturated rings. The summed E-state index contributed by atoms with van der Waals surface area (Å²) in [6.45, 7) is 4.20. The summed E-state index contributed by atoms with van der Waals surface area (Å²) < 4.78 is 5.18. The molecule has 0 amide bonds. The lowest BCUT2D eigenvalue weighted by molar-refractivity contribution is 0.413. The third kappa shape index (κ3) is 3.15. The molecule has 2 N–H and O–H groups in total. The average Bonchev–Trinajstić information content (AvgIpc) is 2.41. The summed E-state index contributed by atoms with van der Waals surface area (Å²) in [4.78, 5) is 0. The molecule has 2 nitrogen and oxygen atoms in total. The normalized spacial score (nSPS) is 13.9. The smallest absolute Gasteiger partial charge is 0.118 e. The van der Waals surface area contributed by atoms with E-state index in [1.165, 1.54) is 11.1 Å². The van der Waals surface area contributed by atoms with Gasteiger partial charge in [0.25, 0.3) is 0 Å². The molecule has 0 radical (unpaired) electrons. The van der Waals surface area contributed by atoms with E-state index in [1.54, 1.807) is 7.11 Å². The van der Waals surface area contributed by atoms with Crippen molar-refractivity contribution in [2.75, 3.05) is 7.11 Å². The van der Waals surface area contributed by atoms with E-state index in [0.29, 0.717) is 0 Å². The van der Waals surface area contributed by atoms with Gasteiger partial charge in [0.05, 0.1) is 7.11 Å². The third-order valence-electron chi connectivity index (χ3n) is 3.57. The fraction of sp³-hybridized carbons (Fsp3) is 0.294. The van der Waals surface area contributed by atoms with Crippen LogP contribution in [0.3, 0.4) is 0 Å². The van der Waals surface area contributed by atoms with E-state index in [0.717, 1.165) is 17.7 Å². The highest BCUT2D eigenvalue weighted by molar-refractivity contribution is 5.34. The molecule has 2 rings (SSSR count). The highest BCUT2D eigenvalue weighted by atomic mass is 16.5. The minimum atomic E-state index is -0.377. The zero-order chi connectivity index (χ0) is 13.9. The van der Waals surface area contributed by atoms with Crippen LogP contribution in [0.4, 0.5) is 0 Å². The molecule has 2 heteroatoms. The Balaban J connectivity index is 2.24. The van der Waals surface area contributed by atoms with Gasteiger partial charge in [0.1, 0.15) is 5.75 Å². The summed E-state index contributed by atoms with van der Waals surface area (Å²) >= 11 is 0. The Hall–Kier alpha value is -1.80. The Morgan fingerprint density at radius 2 is 1.68 bits per heavy atom. The lowest BCUT2D eigenvalue weighted by atomic mass is 9.85. The lowest BCUT2D eigenvalue weighted by Crippen LogP contribution is -2.35. The van der Waals surface area contributed by atoms with Gasteiger partial charge in [0.2, 0.25) is 0 Å². The number of aryl methyl sites for hydroxylation is 1. The van der Waals surface area contributed by atoms with Crippen LogP contribution in [-0.2, 0) is 12.0 Å². The van der Waals surface area contributed by atoms with Gasteiger partial charge in [-0.05, 0) is 49.1 Å². The molecule has 0 aliphatic carbocycles. The molecule has 1 unspecified atom stereocenters. The van der Waals surface area contributed by atoms with Crippen molar-refractivity contribution in [3.8, 4) is 5.75 Å². The summed E-state index contributed by atoms with van der Waals surface area (Å²) in [5.74, 6) is 0.857. The maximum Gasteiger partial charge on any atom is 0.118 e. The maximum absolute atomic E-state index is 6.49. The largest absolute Gasteiger partial charge is 0.497 e. The Bertz CT molecular complexity index is 543. The Labute approximate surface area is 115 Å². The number of hydrogen-bond donors (Lipinski definition) is 1. The van der Waals surface area contributed by atoms with Crippen LogP contribution in [-0.4, -0.2) is 7.11 Å². The van der Waals surface area contributed by atoms with E-state index in [9.17, 15) is 0 Å². The van der Waals surface area contributed by atoms with Crippen molar-refractivity contribution in [3.63, 3.8) is 0 Å². The highest BCUT2D eigenvalue weighted by Gasteiger charge is 2.22. The van der Waals surface area contributed by atoms with Crippen molar-refractivity contribution in [1.82, 2.24) is 0 Å². The zero-order valence-corrected chi connectivity index (χ0v) is 11.8. The number of nitrogens with two attached hydrogens (primary N) is 1. The van der Waals surface area contributed by atoms with Gasteiger partial charge >= 0.3 is 0 Å². The summed E-state index contributed by atoms with van der Waals surface area (Å²) in [6.07, 6.45) is 0.825. The molecule has 0 spiro atoms. The molecule has 1 atom stereocenters. The van der Waals surface area contributed by atoms with Crippen LogP contribution in [0.1, 0.15) is 23.6 Å². The third-order valence-corrected chi connectivity index (χ3v) is 3.57. The molecule has 19 heavy (non-hydrogen) atoms. The molecular formula is C17H21NO. The van der Waals surface area contributed by atoms with E-state index >= 15 is 0 Å². The van der Waals surface area contributed by atoms with E-state index in [1.807, 2.05) is 24.3 Å². The van der Waals surface area contributed by atoms with Crippen molar-refractivity contribution >= 4 is 0 Å². The summed E-state index contributed by atoms with van der Waals surface area (Å²) in [5, 5.41) is 0. The fourth-order valence-electron chi connectivity index (χ4n) is 2.28. The molecule has 2 aromatic rings. The Morgan fingerprint density at radius 1 is 1.05 bits per heavy atom. The first kappa shape index (κ1) is 13.6. The van der Waals surface area contributed by atoms with E-state index in [4.69, 9.17) is 10.5 Å². The van der Waals surface area contributed by atoms with E-state index in [2.05, 4.69) is 38.1 Å². The van der Waals surface area contributed by atoms with Gasteiger partial charge in [-0.15, -0.1) is 0 Å². The number of hydrogen-bond acceptors (Lipinski definition) is 2. The number of ether oxygens (including phenoxy) is 1. The summed E-state index contributed by atoms with van der Waals surface area (Å²) in [7, 11) is 1.67. The quantitative estimate of drug-likeness (QED) is 0.908. The standard InChI is InChI=1S/C17H21NO/c1-13-6-4-5-7-14(13)12-17(2,18)15-8-10-16(19-3)11-9-15/h4-11H,12,18H2,1-3H3. The molecule has 2 aromatic carbocycles. The van der Waals surface area contributed by atoms with E-state index in [-0.39, 0.29) is 5.54 Å². The molecule has 0 aromatic heterocycles. The summed E-state index contributed by atoms with van der Waals surface area (Å²) in [5.41, 5.74) is 9.81. The van der Waals surface area contributed by atoms with Gasteiger partial charge in [-0.25, -0.2) is 0 Å². The van der Waals surface area contributed by atoms with Crippen molar-refractivity contribution in [2.24, 2.45) is 5.73 Å². The average molecular weight is 255 g/mol. The second kappa shape index (κ2) is 5.45. The maximum atomic E-state index is 6.49. The predicted molar refractivity (Wildman–Crippen MR) is 79.4 cm³/mol. The SMILES string of the molecule is COc1ccc(C(C)(N)Cc2ccccc2C)cc1. The van der Waals surface area contributed by atoms with Crippen LogP contribution in [0.2, 0.25) is 0 Å². The summed E-state index contributed by atoms with van der Waals surface area (Å²) in [6, 6.07) is 16.4. The first-order chi connectivity index (χ1) is 9.03. The minimum Gasteiger partial charge on any atom is -0.497 e. The van der Waals surface area contributed by atoms with Crippen LogP contribution in [0.25, 0.3) is 0 Å². The van der Waals surface area contributed by atoms with Crippen LogP contribution >= 0.6 is 0 Å². The monoisotopic (exact) mass is 255 g/mol. The van der Waals surface area contributed by atoms with Gasteiger partial charge in [0.15, 0.2) is 0 Å². The number of methoxy groups -OCH3 is 1. The molecule has 0 saturated heterocycles. The lowest BCUT2D eigenvalue weighted by Gasteiger charge is -2.26. The number of rotatable bonds is 4. The van der Waals surface area contributed by atoms with Crippen molar-refractivity contribution < 1.29 is 4.74 Å². The Morgan fingerprint density at radius 3 is 2.26 bits per heavy atom. The van der Waals surface area contributed by atoms with Crippen LogP contribution < -0.4 is 10.5 Å². The Kier molecular flexibility index (Phi) is 3.91. The van der Waals surface area contributed by atoms with Crippen LogP contribution in [0.5, 0.6) is 5.75 Å². The second-order valence-electron chi connectivity index (χ2n) is 5.25. The first-order valence-electron chi connectivity index (χ1n) is 6.51. The molecule has 0 bridgehead atoms. The second-order valence-corrected chi connectivity index (χ2v) is 5.25. The predicted octanol–water partition coefficient (Wildman–Crippen LogP) is 3.42. The molecule has 0 saturated carbocycles. The van der Waals surface area contributed by atoms with Crippen molar-refractivity contribution in [1.29, 1.82) is 0 Å². The van der Waals surface area contributed by atoms with Crippen molar-refractivity contribution in [3.05, 3.63) is 65.2 Å². The molecular weight excluding hydrogens is 234 g/mol. The molecule has 0 aliphatic rings. The van der Waals surface area contributed by atoms with Gasteiger partial charge < -0.3 is 10.5 Å². The zero-order valence-electron chi connectivity index (χ0n) is 11.8. The first-order valence-corrected chi connectivity index (χ1v) is 6.51. The fourth-order valence-corrected chi connectivity index (χ4v) is 2.28. The van der Waals surface area contributed by atoms with E-state index < -0.39 is 0 Å². The van der Waals surface area contributed by atoms with Crippen LogP contribution in [0.15, 0.2) is 48.5 Å². The topological polar surface area (TPSA) is 35.2 Å². The van der Waals surface area contributed by atoms with Gasteiger partial charge in [0, 0.05) is 5.54 Å². The molecule has 0 heterocycles. The van der Waals surface area contributed by atoms with Gasteiger partial charge in [-0.2, -0.15) is 0 Å². The molecule has 100 valence electrons. The number of benzene rings is 2. The highest BCUT2D eigenvalue weighted by Crippen LogP contribution is 2.25. The van der Waals surface area contributed by atoms with Crippen molar-refractivity contribution in [2.45, 2.75) is 25.8 Å². The van der Waals surface area contributed by atoms with Crippen LogP contribution in [0, 0.1) is 6.92 Å².